The van der Waals surface area contributed by atoms with Gasteiger partial charge in [0.2, 0.25) is 10.0 Å². The van der Waals surface area contributed by atoms with Crippen molar-refractivity contribution in [2.45, 2.75) is 36.6 Å². The molecule has 0 spiro atoms. The average molecular weight is 318 g/mol. The van der Waals surface area contributed by atoms with E-state index in [-0.39, 0.29) is 16.9 Å². The van der Waals surface area contributed by atoms with Crippen LogP contribution in [0.5, 0.6) is 0 Å². The first-order valence-corrected chi connectivity index (χ1v) is 8.25. The van der Waals surface area contributed by atoms with Crippen molar-refractivity contribution < 1.29 is 18.3 Å². The van der Waals surface area contributed by atoms with E-state index in [1.54, 1.807) is 12.1 Å². The smallest absolute Gasteiger partial charge is 0.306 e. The Bertz CT molecular complexity index is 594. The van der Waals surface area contributed by atoms with Gasteiger partial charge in [-0.1, -0.05) is 17.7 Å². The molecule has 2 N–H and O–H groups in total. The quantitative estimate of drug-likeness (QED) is 0.892. The van der Waals surface area contributed by atoms with E-state index in [1.165, 1.54) is 12.1 Å². The number of carbonyl (C=O) groups is 1. The van der Waals surface area contributed by atoms with Gasteiger partial charge >= 0.3 is 5.97 Å². The minimum Gasteiger partial charge on any atom is -0.481 e. The van der Waals surface area contributed by atoms with Crippen LogP contribution in [0.25, 0.3) is 0 Å². The van der Waals surface area contributed by atoms with E-state index >= 15 is 0 Å². The lowest BCUT2D eigenvalue weighted by molar-refractivity contribution is -0.142. The molecule has 0 saturated heterocycles. The molecule has 5 nitrogen and oxygen atoms in total. The van der Waals surface area contributed by atoms with Crippen LogP contribution in [0.15, 0.2) is 29.2 Å². The fourth-order valence-electron chi connectivity index (χ4n) is 2.38. The summed E-state index contributed by atoms with van der Waals surface area (Å²) in [5.41, 5.74) is 0. The molecule has 0 bridgehead atoms. The van der Waals surface area contributed by atoms with E-state index in [0.717, 1.165) is 0 Å². The average Bonchev–Trinajstić information content (AvgIpc) is 2.39. The minimum absolute atomic E-state index is 0.130. The number of carboxylic acids is 1. The zero-order valence-corrected chi connectivity index (χ0v) is 12.3. The van der Waals surface area contributed by atoms with E-state index in [2.05, 4.69) is 4.72 Å². The van der Waals surface area contributed by atoms with Crippen LogP contribution in [-0.2, 0) is 14.8 Å². The first kappa shape index (κ1) is 15.3. The van der Waals surface area contributed by atoms with Crippen molar-refractivity contribution in [1.82, 2.24) is 4.72 Å². The fourth-order valence-corrected chi connectivity index (χ4v) is 3.99. The summed E-state index contributed by atoms with van der Waals surface area (Å²) in [6.07, 6.45) is 2.07. The molecule has 110 valence electrons. The third-order valence-corrected chi connectivity index (χ3v) is 5.26. The molecule has 0 atom stereocenters. The zero-order valence-electron chi connectivity index (χ0n) is 10.8. The lowest BCUT2D eigenvalue weighted by atomic mass is 9.87. The Balaban J connectivity index is 2.02. The van der Waals surface area contributed by atoms with Gasteiger partial charge in [0.05, 0.1) is 10.8 Å². The van der Waals surface area contributed by atoms with Crippen LogP contribution in [0.4, 0.5) is 0 Å². The third-order valence-electron chi connectivity index (χ3n) is 3.50. The summed E-state index contributed by atoms with van der Waals surface area (Å²) in [6.45, 7) is 0. The zero-order chi connectivity index (χ0) is 14.8. The number of nitrogens with one attached hydrogen (secondary N) is 1. The van der Waals surface area contributed by atoms with Crippen LogP contribution >= 0.6 is 11.6 Å². The summed E-state index contributed by atoms with van der Waals surface area (Å²) in [7, 11) is -3.60. The first-order valence-electron chi connectivity index (χ1n) is 6.39. The summed E-state index contributed by atoms with van der Waals surface area (Å²) < 4.78 is 27.0. The highest BCUT2D eigenvalue weighted by Gasteiger charge is 2.28. The normalized spacial score (nSPS) is 23.4. The Morgan fingerprint density at radius 1 is 1.25 bits per heavy atom. The Morgan fingerprint density at radius 2 is 1.90 bits per heavy atom. The lowest BCUT2D eigenvalue weighted by Gasteiger charge is -2.26. The molecule has 0 amide bonds. The molecule has 1 aromatic rings. The summed E-state index contributed by atoms with van der Waals surface area (Å²) in [6, 6.07) is 5.86. The molecule has 1 aliphatic rings. The van der Waals surface area contributed by atoms with Gasteiger partial charge in [0.15, 0.2) is 0 Å². The Morgan fingerprint density at radius 3 is 2.45 bits per heavy atom. The molecular formula is C13H16ClNO4S. The highest BCUT2D eigenvalue weighted by atomic mass is 35.5. The molecule has 0 heterocycles. The van der Waals surface area contributed by atoms with Crippen LogP contribution in [0.1, 0.15) is 25.7 Å². The second-order valence-electron chi connectivity index (χ2n) is 4.97. The van der Waals surface area contributed by atoms with E-state index in [0.29, 0.717) is 30.7 Å². The Labute approximate surface area is 123 Å². The third kappa shape index (κ3) is 3.71. The summed E-state index contributed by atoms with van der Waals surface area (Å²) in [4.78, 5) is 11.0. The largest absolute Gasteiger partial charge is 0.481 e. The number of aliphatic carboxylic acids is 1. The molecule has 1 aromatic carbocycles. The predicted molar refractivity (Wildman–Crippen MR) is 75.2 cm³/mol. The van der Waals surface area contributed by atoms with Gasteiger partial charge in [0.25, 0.3) is 0 Å². The molecule has 2 rings (SSSR count). The summed E-state index contributed by atoms with van der Waals surface area (Å²) in [5, 5.41) is 9.28. The van der Waals surface area contributed by atoms with Gasteiger partial charge in [-0.05, 0) is 43.9 Å². The maximum atomic E-state index is 12.2. The monoisotopic (exact) mass is 317 g/mol. The van der Waals surface area contributed by atoms with Gasteiger partial charge in [-0.15, -0.1) is 0 Å². The summed E-state index contributed by atoms with van der Waals surface area (Å²) >= 11 is 5.79. The van der Waals surface area contributed by atoms with Gasteiger partial charge < -0.3 is 5.11 Å². The molecule has 7 heteroatoms. The van der Waals surface area contributed by atoms with Crippen LogP contribution in [0, 0.1) is 5.92 Å². The molecule has 1 aliphatic carbocycles. The second kappa shape index (κ2) is 6.11. The lowest BCUT2D eigenvalue weighted by Crippen LogP contribution is -2.38. The van der Waals surface area contributed by atoms with Gasteiger partial charge in [0, 0.05) is 11.1 Å². The number of hydrogen-bond acceptors (Lipinski definition) is 3. The maximum absolute atomic E-state index is 12.2. The summed E-state index contributed by atoms with van der Waals surface area (Å²) in [5.74, 6) is -1.16. The number of rotatable bonds is 4. The van der Waals surface area contributed by atoms with Crippen molar-refractivity contribution in [3.05, 3.63) is 29.3 Å². The number of carboxylic acid groups (broad SMARTS) is 1. The Kier molecular flexibility index (Phi) is 4.67. The van der Waals surface area contributed by atoms with Crippen molar-refractivity contribution in [2.75, 3.05) is 0 Å². The van der Waals surface area contributed by atoms with Crippen LogP contribution < -0.4 is 4.72 Å². The molecule has 20 heavy (non-hydrogen) atoms. The van der Waals surface area contributed by atoms with Crippen LogP contribution in [0.2, 0.25) is 5.02 Å². The van der Waals surface area contributed by atoms with Crippen LogP contribution in [-0.4, -0.2) is 25.5 Å². The second-order valence-corrected chi connectivity index (χ2v) is 7.12. The van der Waals surface area contributed by atoms with E-state index in [1.807, 2.05) is 0 Å². The van der Waals surface area contributed by atoms with Gasteiger partial charge in [-0.25, -0.2) is 13.1 Å². The van der Waals surface area contributed by atoms with Gasteiger partial charge in [-0.3, -0.25) is 4.79 Å². The highest BCUT2D eigenvalue weighted by molar-refractivity contribution is 7.89. The van der Waals surface area contributed by atoms with Gasteiger partial charge in [-0.2, -0.15) is 0 Å². The number of sulfonamides is 1. The molecular weight excluding hydrogens is 302 g/mol. The van der Waals surface area contributed by atoms with E-state index in [4.69, 9.17) is 16.7 Å². The highest BCUT2D eigenvalue weighted by Crippen LogP contribution is 2.26. The molecule has 1 saturated carbocycles. The number of hydrogen-bond donors (Lipinski definition) is 2. The van der Waals surface area contributed by atoms with Crippen molar-refractivity contribution in [3.8, 4) is 0 Å². The molecule has 1 fully saturated rings. The molecule has 0 aromatic heterocycles. The predicted octanol–water partition coefficient (Wildman–Crippen LogP) is 2.26. The number of benzene rings is 1. The topological polar surface area (TPSA) is 83.5 Å². The van der Waals surface area contributed by atoms with E-state index in [9.17, 15) is 13.2 Å². The van der Waals surface area contributed by atoms with Crippen molar-refractivity contribution in [1.29, 1.82) is 0 Å². The van der Waals surface area contributed by atoms with Crippen LogP contribution in [0.3, 0.4) is 0 Å². The van der Waals surface area contributed by atoms with Gasteiger partial charge in [0.1, 0.15) is 0 Å². The van der Waals surface area contributed by atoms with Crippen molar-refractivity contribution in [2.24, 2.45) is 5.92 Å². The SMILES string of the molecule is O=C(O)C1CCC(NS(=O)(=O)c2cccc(Cl)c2)CC1. The Hall–Kier alpha value is -1.11. The van der Waals surface area contributed by atoms with Crippen molar-refractivity contribution >= 4 is 27.6 Å². The molecule has 0 aliphatic heterocycles. The molecule has 0 unspecified atom stereocenters. The number of halogens is 1. The standard InChI is InChI=1S/C13H16ClNO4S/c14-10-2-1-3-12(8-10)20(18,19)15-11-6-4-9(5-7-11)13(16)17/h1-3,8-9,11,15H,4-7H2,(H,16,17). The first-order chi connectivity index (χ1) is 9.38. The van der Waals surface area contributed by atoms with E-state index < -0.39 is 16.0 Å². The van der Waals surface area contributed by atoms with Crippen molar-refractivity contribution in [3.63, 3.8) is 0 Å². The fraction of sp³-hybridized carbons (Fsp3) is 0.462. The minimum atomic E-state index is -3.60. The molecule has 0 radical (unpaired) electrons. The maximum Gasteiger partial charge on any atom is 0.306 e.